The van der Waals surface area contributed by atoms with Crippen LogP contribution in [0.15, 0.2) is 6.33 Å². The minimum atomic E-state index is -0.753. The van der Waals surface area contributed by atoms with Crippen LogP contribution >= 0.6 is 0 Å². The number of ether oxygens (including phenoxy) is 1. The predicted molar refractivity (Wildman–Crippen MR) is 99.4 cm³/mol. The van der Waals surface area contributed by atoms with Crippen LogP contribution in [0.4, 0.5) is 11.5 Å². The number of nitrogens with zero attached hydrogens (tertiary/aromatic N) is 4. The van der Waals surface area contributed by atoms with Gasteiger partial charge in [-0.3, -0.25) is 9.59 Å². The van der Waals surface area contributed by atoms with Gasteiger partial charge in [0.1, 0.15) is 12.0 Å². The maximum absolute atomic E-state index is 12.3. The van der Waals surface area contributed by atoms with Crippen LogP contribution in [0.3, 0.4) is 0 Å². The van der Waals surface area contributed by atoms with E-state index < -0.39 is 11.8 Å². The minimum Gasteiger partial charge on any atom is -0.479 e. The molecule has 1 aromatic rings. The molecule has 144 valence electrons. The number of amides is 2. The molecule has 0 aromatic carbocycles. The Bertz CT molecular complexity index is 629. The second kappa shape index (κ2) is 9.33. The fourth-order valence-corrected chi connectivity index (χ4v) is 3.00. The summed E-state index contributed by atoms with van der Waals surface area (Å²) in [6.45, 7) is 5.10. The number of aromatic nitrogens is 2. The van der Waals surface area contributed by atoms with E-state index in [2.05, 4.69) is 32.4 Å². The lowest BCUT2D eigenvalue weighted by molar-refractivity contribution is -0.136. The molecular weight excluding hydrogens is 336 g/mol. The van der Waals surface area contributed by atoms with Crippen LogP contribution in [0, 0.1) is 0 Å². The minimum absolute atomic E-state index is 0.0172. The molecule has 1 fully saturated rings. The smallest absolute Gasteiger partial charge is 0.313 e. The maximum atomic E-state index is 12.3. The van der Waals surface area contributed by atoms with E-state index in [-0.39, 0.29) is 17.6 Å². The number of nitrogens with one attached hydrogen (secondary N) is 2. The Kier molecular flexibility index (Phi) is 7.14. The van der Waals surface area contributed by atoms with Crippen LogP contribution in [0.5, 0.6) is 5.88 Å². The first-order valence-electron chi connectivity index (χ1n) is 8.86. The molecule has 0 saturated carbocycles. The maximum Gasteiger partial charge on any atom is 0.313 e. The quantitative estimate of drug-likeness (QED) is 0.708. The van der Waals surface area contributed by atoms with Crippen LogP contribution in [0.25, 0.3) is 0 Å². The number of methoxy groups -OCH3 is 1. The van der Waals surface area contributed by atoms with Gasteiger partial charge >= 0.3 is 11.8 Å². The molecule has 1 aliphatic rings. The molecule has 1 aromatic heterocycles. The van der Waals surface area contributed by atoms with Gasteiger partial charge in [0.05, 0.1) is 7.11 Å². The van der Waals surface area contributed by atoms with Crippen LogP contribution in [-0.4, -0.2) is 73.6 Å². The highest BCUT2D eigenvalue weighted by molar-refractivity contribution is 6.40. The van der Waals surface area contributed by atoms with E-state index in [0.717, 1.165) is 38.9 Å². The third kappa shape index (κ3) is 5.04. The van der Waals surface area contributed by atoms with E-state index in [0.29, 0.717) is 5.82 Å². The highest BCUT2D eigenvalue weighted by atomic mass is 16.5. The van der Waals surface area contributed by atoms with Crippen molar-refractivity contribution >= 4 is 23.3 Å². The lowest BCUT2D eigenvalue weighted by Gasteiger charge is -2.31. The Morgan fingerprint density at radius 3 is 2.54 bits per heavy atom. The van der Waals surface area contributed by atoms with Crippen molar-refractivity contribution in [3.63, 3.8) is 0 Å². The van der Waals surface area contributed by atoms with Gasteiger partial charge in [-0.1, -0.05) is 6.92 Å². The number of rotatable bonds is 6. The molecule has 9 nitrogen and oxygen atoms in total. The average Bonchev–Trinajstić information content (AvgIpc) is 2.63. The lowest BCUT2D eigenvalue weighted by atomic mass is 10.0. The molecule has 2 heterocycles. The number of carbonyl (C=O) groups is 2. The number of hydrogen-bond donors (Lipinski definition) is 2. The topological polar surface area (TPSA) is 99.7 Å². The van der Waals surface area contributed by atoms with E-state index in [1.165, 1.54) is 13.4 Å². The third-order valence-corrected chi connectivity index (χ3v) is 4.32. The van der Waals surface area contributed by atoms with Crippen molar-refractivity contribution in [1.29, 1.82) is 0 Å². The SMILES string of the molecule is CCCN1CCC(NC(=O)C(=O)Nc2c(OC)ncnc2N(C)C)CC1. The first-order chi connectivity index (χ1) is 12.5. The largest absolute Gasteiger partial charge is 0.479 e. The Morgan fingerprint density at radius 1 is 1.27 bits per heavy atom. The number of carbonyl (C=O) groups excluding carboxylic acids is 2. The zero-order valence-corrected chi connectivity index (χ0v) is 15.9. The molecule has 0 atom stereocenters. The molecule has 0 unspecified atom stereocenters. The lowest BCUT2D eigenvalue weighted by Crippen LogP contribution is -2.47. The van der Waals surface area contributed by atoms with Crippen molar-refractivity contribution in [3.8, 4) is 5.88 Å². The van der Waals surface area contributed by atoms with Gasteiger partial charge in [-0.15, -0.1) is 0 Å². The summed E-state index contributed by atoms with van der Waals surface area (Å²) >= 11 is 0. The van der Waals surface area contributed by atoms with E-state index >= 15 is 0 Å². The summed E-state index contributed by atoms with van der Waals surface area (Å²) < 4.78 is 5.17. The Balaban J connectivity index is 1.97. The van der Waals surface area contributed by atoms with Crippen LogP contribution in [0.2, 0.25) is 0 Å². The molecular formula is C17H28N6O3. The molecule has 9 heteroatoms. The van der Waals surface area contributed by atoms with Gasteiger partial charge in [0, 0.05) is 33.2 Å². The highest BCUT2D eigenvalue weighted by Crippen LogP contribution is 2.29. The van der Waals surface area contributed by atoms with Gasteiger partial charge in [0.15, 0.2) is 5.82 Å². The molecule has 0 aliphatic carbocycles. The van der Waals surface area contributed by atoms with Crippen molar-refractivity contribution in [2.45, 2.75) is 32.2 Å². The fourth-order valence-electron chi connectivity index (χ4n) is 3.00. The number of likely N-dealkylation sites (tertiary alicyclic amines) is 1. The zero-order valence-electron chi connectivity index (χ0n) is 15.9. The van der Waals surface area contributed by atoms with Crippen molar-refractivity contribution in [2.24, 2.45) is 0 Å². The first-order valence-corrected chi connectivity index (χ1v) is 8.86. The number of piperidine rings is 1. The molecule has 26 heavy (non-hydrogen) atoms. The monoisotopic (exact) mass is 364 g/mol. The standard InChI is InChI=1S/C17H28N6O3/c1-5-8-23-9-6-12(7-10-23)20-15(24)16(25)21-13-14(22(2)3)18-11-19-17(13)26-4/h11-12H,5-10H2,1-4H3,(H,20,24)(H,21,25). The second-order valence-electron chi connectivity index (χ2n) is 6.52. The average molecular weight is 364 g/mol. The van der Waals surface area contributed by atoms with Crippen molar-refractivity contribution in [2.75, 3.05) is 51.1 Å². The van der Waals surface area contributed by atoms with Gasteiger partial charge in [0.25, 0.3) is 0 Å². The molecule has 1 saturated heterocycles. The van der Waals surface area contributed by atoms with E-state index in [1.807, 2.05) is 0 Å². The van der Waals surface area contributed by atoms with Crippen molar-refractivity contribution < 1.29 is 14.3 Å². The summed E-state index contributed by atoms with van der Waals surface area (Å²) in [6, 6.07) is 0.0172. The first kappa shape index (κ1) is 19.9. The Labute approximate surface area is 154 Å². The van der Waals surface area contributed by atoms with Gasteiger partial charge in [-0.2, -0.15) is 4.98 Å². The highest BCUT2D eigenvalue weighted by Gasteiger charge is 2.25. The molecule has 1 aliphatic heterocycles. The summed E-state index contributed by atoms with van der Waals surface area (Å²) in [4.78, 5) is 36.8. The fraction of sp³-hybridized carbons (Fsp3) is 0.647. The molecule has 0 spiro atoms. The number of hydrogen-bond acceptors (Lipinski definition) is 7. The van der Waals surface area contributed by atoms with Gasteiger partial charge in [-0.25, -0.2) is 4.98 Å². The molecule has 0 bridgehead atoms. The molecule has 2 amide bonds. The number of anilines is 2. The van der Waals surface area contributed by atoms with Crippen LogP contribution < -0.4 is 20.3 Å². The van der Waals surface area contributed by atoms with Gasteiger partial charge in [-0.05, 0) is 25.8 Å². The van der Waals surface area contributed by atoms with E-state index in [1.54, 1.807) is 19.0 Å². The summed E-state index contributed by atoms with van der Waals surface area (Å²) in [5, 5.41) is 5.39. The molecule has 0 radical (unpaired) electrons. The normalized spacial score (nSPS) is 15.4. The molecule has 2 N–H and O–H groups in total. The van der Waals surface area contributed by atoms with E-state index in [4.69, 9.17) is 4.74 Å². The second-order valence-corrected chi connectivity index (χ2v) is 6.52. The van der Waals surface area contributed by atoms with Gasteiger partial charge in [0.2, 0.25) is 5.88 Å². The Morgan fingerprint density at radius 2 is 1.96 bits per heavy atom. The Hall–Kier alpha value is -2.42. The van der Waals surface area contributed by atoms with Crippen molar-refractivity contribution in [1.82, 2.24) is 20.2 Å². The zero-order chi connectivity index (χ0) is 19.1. The van der Waals surface area contributed by atoms with E-state index in [9.17, 15) is 9.59 Å². The summed E-state index contributed by atoms with van der Waals surface area (Å²) in [5.74, 6) is -0.740. The summed E-state index contributed by atoms with van der Waals surface area (Å²) in [5.41, 5.74) is 0.276. The predicted octanol–water partition coefficient (Wildman–Crippen LogP) is 0.480. The van der Waals surface area contributed by atoms with Crippen LogP contribution in [-0.2, 0) is 9.59 Å². The van der Waals surface area contributed by atoms with Gasteiger partial charge < -0.3 is 25.2 Å². The third-order valence-electron chi connectivity index (χ3n) is 4.32. The van der Waals surface area contributed by atoms with Crippen LogP contribution in [0.1, 0.15) is 26.2 Å². The molecule has 2 rings (SSSR count). The summed E-state index contributed by atoms with van der Waals surface area (Å²) in [7, 11) is 5.00. The summed E-state index contributed by atoms with van der Waals surface area (Å²) in [6.07, 6.45) is 4.15. The van der Waals surface area contributed by atoms with Crippen molar-refractivity contribution in [3.05, 3.63) is 6.33 Å².